The molecule has 0 amide bonds. The van der Waals surface area contributed by atoms with Gasteiger partial charge in [-0.1, -0.05) is 18.2 Å². The molecule has 1 aliphatic rings. The Morgan fingerprint density at radius 1 is 1.05 bits per heavy atom. The topological polar surface area (TPSA) is 51.4 Å². The third-order valence-corrected chi connectivity index (χ3v) is 3.27. The second kappa shape index (κ2) is 5.79. The first kappa shape index (κ1) is 12.7. The summed E-state index contributed by atoms with van der Waals surface area (Å²) in [5.41, 5.74) is 0.898. The molecule has 0 aliphatic carbocycles. The molecule has 0 bridgehead atoms. The Bertz CT molecular complexity index is 569. The molecule has 20 heavy (non-hydrogen) atoms. The van der Waals surface area contributed by atoms with Gasteiger partial charge in [-0.25, -0.2) is 0 Å². The van der Waals surface area contributed by atoms with E-state index in [-0.39, 0.29) is 0 Å². The molecular formula is C15H17N3O2. The molecule has 0 unspecified atom stereocenters. The number of rotatable bonds is 3. The number of hydrogen-bond acceptors (Lipinski definition) is 4. The maximum atomic E-state index is 11.7. The van der Waals surface area contributed by atoms with Crippen molar-refractivity contribution in [3.8, 4) is 11.5 Å². The van der Waals surface area contributed by atoms with Crippen molar-refractivity contribution in [3.05, 3.63) is 54.0 Å². The second-order valence-corrected chi connectivity index (χ2v) is 4.74. The van der Waals surface area contributed by atoms with Crippen molar-refractivity contribution in [2.75, 3.05) is 31.1 Å². The van der Waals surface area contributed by atoms with Crippen LogP contribution in [0, 0.1) is 5.21 Å². The fourth-order valence-corrected chi connectivity index (χ4v) is 2.29. The lowest BCUT2D eigenvalue weighted by atomic mass is 10.3. The highest BCUT2D eigenvalue weighted by molar-refractivity contribution is 5.48. The largest absolute Gasteiger partial charge is 0.619 e. The fraction of sp³-hybridized carbons (Fsp3) is 0.267. The van der Waals surface area contributed by atoms with E-state index in [9.17, 15) is 5.21 Å². The molecule has 1 fully saturated rings. The molecule has 2 aromatic rings. The van der Waals surface area contributed by atoms with Crippen LogP contribution in [0.4, 0.5) is 5.69 Å². The molecule has 3 rings (SSSR count). The van der Waals surface area contributed by atoms with Crippen molar-refractivity contribution in [1.29, 1.82) is 0 Å². The molecule has 0 radical (unpaired) electrons. The summed E-state index contributed by atoms with van der Waals surface area (Å²) in [7, 11) is 0. The molecule has 5 heteroatoms. The number of ether oxygens (including phenoxy) is 1. The third-order valence-electron chi connectivity index (χ3n) is 3.27. The number of piperazine rings is 1. The summed E-state index contributed by atoms with van der Waals surface area (Å²) in [5.74, 6) is 1.28. The average Bonchev–Trinajstić information content (AvgIpc) is 2.49. The van der Waals surface area contributed by atoms with E-state index in [2.05, 4.69) is 10.2 Å². The van der Waals surface area contributed by atoms with Crippen molar-refractivity contribution >= 4 is 5.69 Å². The van der Waals surface area contributed by atoms with Gasteiger partial charge in [0.2, 0.25) is 12.4 Å². The minimum atomic E-state index is 0.558. The van der Waals surface area contributed by atoms with Crippen molar-refractivity contribution in [3.63, 3.8) is 0 Å². The summed E-state index contributed by atoms with van der Waals surface area (Å²) < 4.78 is 6.53. The normalized spacial score (nSPS) is 15.1. The summed E-state index contributed by atoms with van der Waals surface area (Å²) >= 11 is 0. The molecule has 0 atom stereocenters. The van der Waals surface area contributed by atoms with Gasteiger partial charge in [0.25, 0.3) is 0 Å². The lowest BCUT2D eigenvalue weighted by molar-refractivity contribution is -0.605. The van der Waals surface area contributed by atoms with Crippen LogP contribution in [-0.4, -0.2) is 26.2 Å². The number of anilines is 1. The van der Waals surface area contributed by atoms with Crippen LogP contribution < -0.4 is 19.7 Å². The van der Waals surface area contributed by atoms with Gasteiger partial charge in [-0.3, -0.25) is 0 Å². The van der Waals surface area contributed by atoms with Gasteiger partial charge < -0.3 is 20.2 Å². The van der Waals surface area contributed by atoms with Gasteiger partial charge >= 0.3 is 0 Å². The van der Waals surface area contributed by atoms with Gasteiger partial charge in [0.15, 0.2) is 5.75 Å². The van der Waals surface area contributed by atoms with Gasteiger partial charge in [0.1, 0.15) is 11.4 Å². The quantitative estimate of drug-likeness (QED) is 0.679. The first-order valence-corrected chi connectivity index (χ1v) is 6.74. The Balaban J connectivity index is 1.82. The predicted octanol–water partition coefficient (Wildman–Crippen LogP) is 1.52. The Kier molecular flexibility index (Phi) is 3.69. The van der Waals surface area contributed by atoms with Gasteiger partial charge in [0, 0.05) is 32.2 Å². The lowest BCUT2D eigenvalue weighted by Gasteiger charge is -2.28. The zero-order valence-corrected chi connectivity index (χ0v) is 11.2. The third kappa shape index (κ3) is 3.00. The molecule has 0 saturated carbocycles. The first-order chi connectivity index (χ1) is 9.81. The highest BCUT2D eigenvalue weighted by atomic mass is 16.5. The minimum absolute atomic E-state index is 0.558. The van der Waals surface area contributed by atoms with Gasteiger partial charge in [-0.2, -0.15) is 4.73 Å². The number of pyridine rings is 1. The molecule has 1 aliphatic heterocycles. The van der Waals surface area contributed by atoms with Gasteiger partial charge in [0.05, 0.1) is 0 Å². The number of para-hydroxylation sites is 1. The Labute approximate surface area is 118 Å². The van der Waals surface area contributed by atoms with Crippen LogP contribution in [0.3, 0.4) is 0 Å². The highest BCUT2D eigenvalue weighted by Crippen LogP contribution is 2.24. The zero-order chi connectivity index (χ0) is 13.8. The van der Waals surface area contributed by atoms with E-state index in [0.717, 1.165) is 42.3 Å². The minimum Gasteiger partial charge on any atom is -0.619 e. The molecule has 1 saturated heterocycles. The van der Waals surface area contributed by atoms with Crippen LogP contribution in [0.5, 0.6) is 11.5 Å². The van der Waals surface area contributed by atoms with Crippen molar-refractivity contribution < 1.29 is 9.47 Å². The summed E-state index contributed by atoms with van der Waals surface area (Å²) in [6, 6.07) is 11.4. The van der Waals surface area contributed by atoms with E-state index in [4.69, 9.17) is 4.74 Å². The number of benzene rings is 1. The predicted molar refractivity (Wildman–Crippen MR) is 77.0 cm³/mol. The molecule has 5 nitrogen and oxygen atoms in total. The number of aromatic nitrogens is 1. The van der Waals surface area contributed by atoms with Crippen LogP contribution in [-0.2, 0) is 0 Å². The number of hydrogen-bond donors (Lipinski definition) is 1. The molecular weight excluding hydrogens is 254 g/mol. The SMILES string of the molecule is [O-][n+]1cc(Oc2ccccc2)cc(N2CCNCC2)c1. The summed E-state index contributed by atoms with van der Waals surface area (Å²) in [6.07, 6.45) is 3.03. The van der Waals surface area contributed by atoms with Gasteiger partial charge in [-0.15, -0.1) is 0 Å². The maximum absolute atomic E-state index is 11.7. The van der Waals surface area contributed by atoms with Crippen LogP contribution in [0.1, 0.15) is 0 Å². The number of nitrogens with zero attached hydrogens (tertiary/aromatic N) is 2. The molecule has 1 N–H and O–H groups in total. The maximum Gasteiger partial charge on any atom is 0.223 e. The zero-order valence-electron chi connectivity index (χ0n) is 11.2. The van der Waals surface area contributed by atoms with E-state index in [1.165, 1.54) is 6.20 Å². The van der Waals surface area contributed by atoms with E-state index in [0.29, 0.717) is 5.75 Å². The van der Waals surface area contributed by atoms with Crippen LogP contribution >= 0.6 is 0 Å². The summed E-state index contributed by atoms with van der Waals surface area (Å²) in [5, 5.41) is 15.0. The van der Waals surface area contributed by atoms with Crippen molar-refractivity contribution in [1.82, 2.24) is 5.32 Å². The Hall–Kier alpha value is -2.27. The number of nitrogens with one attached hydrogen (secondary N) is 1. The summed E-state index contributed by atoms with van der Waals surface area (Å²) in [6.45, 7) is 3.66. The van der Waals surface area contributed by atoms with Crippen molar-refractivity contribution in [2.24, 2.45) is 0 Å². The van der Waals surface area contributed by atoms with Crippen LogP contribution in [0.15, 0.2) is 48.8 Å². The fourth-order valence-electron chi connectivity index (χ4n) is 2.29. The Morgan fingerprint density at radius 3 is 2.55 bits per heavy atom. The smallest absolute Gasteiger partial charge is 0.223 e. The lowest BCUT2D eigenvalue weighted by Crippen LogP contribution is -2.44. The monoisotopic (exact) mass is 271 g/mol. The van der Waals surface area contributed by atoms with Crippen LogP contribution in [0.25, 0.3) is 0 Å². The molecule has 104 valence electrons. The van der Waals surface area contributed by atoms with E-state index in [1.54, 1.807) is 6.20 Å². The van der Waals surface area contributed by atoms with E-state index in [1.807, 2.05) is 36.4 Å². The molecule has 1 aromatic heterocycles. The van der Waals surface area contributed by atoms with Gasteiger partial charge in [-0.05, 0) is 12.1 Å². The second-order valence-electron chi connectivity index (χ2n) is 4.74. The standard InChI is InChI=1S/C15H17N3O2/c19-18-11-13(17-8-6-16-7-9-17)10-15(12-18)20-14-4-2-1-3-5-14/h1-5,10-12,16H,6-9H2. The highest BCUT2D eigenvalue weighted by Gasteiger charge is 2.15. The molecule has 2 heterocycles. The molecule has 0 spiro atoms. The molecule has 1 aromatic carbocycles. The summed E-state index contributed by atoms with van der Waals surface area (Å²) in [4.78, 5) is 2.18. The van der Waals surface area contributed by atoms with E-state index >= 15 is 0 Å². The van der Waals surface area contributed by atoms with E-state index < -0.39 is 0 Å². The first-order valence-electron chi connectivity index (χ1n) is 6.74. The Morgan fingerprint density at radius 2 is 1.80 bits per heavy atom. The average molecular weight is 271 g/mol. The van der Waals surface area contributed by atoms with Crippen LogP contribution in [0.2, 0.25) is 0 Å². The van der Waals surface area contributed by atoms with Crippen molar-refractivity contribution in [2.45, 2.75) is 0 Å².